The van der Waals surface area contributed by atoms with Crippen molar-refractivity contribution in [2.45, 2.75) is 18.9 Å². The van der Waals surface area contributed by atoms with Crippen molar-refractivity contribution in [1.82, 2.24) is 0 Å². The molecule has 1 heterocycles. The Morgan fingerprint density at radius 1 is 1.15 bits per heavy atom. The molecular formula is C21H18O5. The quantitative estimate of drug-likeness (QED) is 0.524. The van der Waals surface area contributed by atoms with Gasteiger partial charge in [0.2, 0.25) is 0 Å². The van der Waals surface area contributed by atoms with Crippen LogP contribution >= 0.6 is 0 Å². The SMILES string of the molecule is O=C(Oc1ccc2c(c1)OC(CO)CO2)c1ccc(C#CC2CC2)cc1. The number of hydrogen-bond acceptors (Lipinski definition) is 5. The summed E-state index contributed by atoms with van der Waals surface area (Å²) in [5.41, 5.74) is 1.34. The van der Waals surface area contributed by atoms with Crippen molar-refractivity contribution in [3.63, 3.8) is 0 Å². The van der Waals surface area contributed by atoms with Gasteiger partial charge < -0.3 is 19.3 Å². The van der Waals surface area contributed by atoms with Gasteiger partial charge in [-0.15, -0.1) is 0 Å². The molecule has 1 unspecified atom stereocenters. The van der Waals surface area contributed by atoms with E-state index in [2.05, 4.69) is 11.8 Å². The molecule has 5 nitrogen and oxygen atoms in total. The Kier molecular flexibility index (Phi) is 4.51. The first-order valence-corrected chi connectivity index (χ1v) is 8.59. The first-order chi connectivity index (χ1) is 12.7. The number of fused-ring (bicyclic) bond motifs is 1. The number of rotatable bonds is 3. The predicted octanol–water partition coefficient (Wildman–Crippen LogP) is 2.80. The minimum Gasteiger partial charge on any atom is -0.486 e. The molecule has 0 bridgehead atoms. The molecule has 1 fully saturated rings. The molecule has 1 atom stereocenters. The Bertz CT molecular complexity index is 872. The molecule has 26 heavy (non-hydrogen) atoms. The molecule has 4 rings (SSSR count). The van der Waals surface area contributed by atoms with Gasteiger partial charge in [-0.3, -0.25) is 0 Å². The summed E-state index contributed by atoms with van der Waals surface area (Å²) in [5.74, 6) is 7.76. The molecule has 0 aromatic heterocycles. The number of hydrogen-bond donors (Lipinski definition) is 1. The summed E-state index contributed by atoms with van der Waals surface area (Å²) < 4.78 is 16.5. The zero-order valence-corrected chi connectivity index (χ0v) is 14.1. The largest absolute Gasteiger partial charge is 0.486 e. The van der Waals surface area contributed by atoms with Gasteiger partial charge in [-0.25, -0.2) is 4.79 Å². The summed E-state index contributed by atoms with van der Waals surface area (Å²) >= 11 is 0. The first-order valence-electron chi connectivity index (χ1n) is 8.59. The Morgan fingerprint density at radius 2 is 1.96 bits per heavy atom. The van der Waals surface area contributed by atoms with Crippen molar-refractivity contribution in [3.8, 4) is 29.1 Å². The molecule has 5 heteroatoms. The lowest BCUT2D eigenvalue weighted by molar-refractivity contribution is 0.0451. The normalized spacial score (nSPS) is 17.8. The van der Waals surface area contributed by atoms with E-state index in [4.69, 9.17) is 14.2 Å². The van der Waals surface area contributed by atoms with Gasteiger partial charge in [0.15, 0.2) is 17.6 Å². The van der Waals surface area contributed by atoms with Gasteiger partial charge >= 0.3 is 5.97 Å². The lowest BCUT2D eigenvalue weighted by Gasteiger charge is -2.25. The molecule has 0 amide bonds. The van der Waals surface area contributed by atoms with Crippen molar-refractivity contribution < 1.29 is 24.1 Å². The third-order valence-corrected chi connectivity index (χ3v) is 4.17. The van der Waals surface area contributed by atoms with Crippen molar-refractivity contribution >= 4 is 5.97 Å². The molecule has 1 N–H and O–H groups in total. The van der Waals surface area contributed by atoms with E-state index < -0.39 is 12.1 Å². The number of benzene rings is 2. The molecule has 2 aromatic rings. The maximum absolute atomic E-state index is 12.3. The summed E-state index contributed by atoms with van der Waals surface area (Å²) in [7, 11) is 0. The van der Waals surface area contributed by atoms with Crippen molar-refractivity contribution in [2.24, 2.45) is 5.92 Å². The van der Waals surface area contributed by atoms with Gasteiger partial charge in [-0.05, 0) is 49.2 Å². The number of esters is 1. The molecule has 1 aliphatic carbocycles. The number of carbonyl (C=O) groups excluding carboxylic acids is 1. The zero-order valence-electron chi connectivity index (χ0n) is 14.1. The lowest BCUT2D eigenvalue weighted by atomic mass is 10.1. The van der Waals surface area contributed by atoms with E-state index in [1.54, 1.807) is 30.3 Å². The van der Waals surface area contributed by atoms with E-state index in [1.807, 2.05) is 12.1 Å². The highest BCUT2D eigenvalue weighted by Gasteiger charge is 2.21. The zero-order chi connectivity index (χ0) is 17.9. The second-order valence-corrected chi connectivity index (χ2v) is 6.35. The Labute approximate surface area is 151 Å². The van der Waals surface area contributed by atoms with E-state index in [9.17, 15) is 9.90 Å². The fourth-order valence-electron chi connectivity index (χ4n) is 2.52. The highest BCUT2D eigenvalue weighted by Crippen LogP contribution is 2.35. The van der Waals surface area contributed by atoms with Crippen LogP contribution in [0.3, 0.4) is 0 Å². The fraction of sp³-hybridized carbons (Fsp3) is 0.286. The molecule has 1 aliphatic heterocycles. The smallest absolute Gasteiger partial charge is 0.343 e. The van der Waals surface area contributed by atoms with Gasteiger partial charge in [0.25, 0.3) is 0 Å². The Balaban J connectivity index is 1.44. The standard InChI is InChI=1S/C21H18O5/c22-12-18-13-24-19-10-9-17(11-20(19)25-18)26-21(23)16-7-5-15(6-8-16)4-3-14-1-2-14/h5-11,14,18,22H,1-2,12-13H2. The van der Waals surface area contributed by atoms with Crippen LogP contribution in [0.4, 0.5) is 0 Å². The average Bonchev–Trinajstić information content (AvgIpc) is 3.50. The average molecular weight is 350 g/mol. The number of aliphatic hydroxyl groups excluding tert-OH is 1. The van der Waals surface area contributed by atoms with Crippen LogP contribution in [-0.2, 0) is 0 Å². The van der Waals surface area contributed by atoms with Gasteiger partial charge in [0, 0.05) is 17.5 Å². The maximum Gasteiger partial charge on any atom is 0.343 e. The lowest BCUT2D eigenvalue weighted by Crippen LogP contribution is -2.32. The van der Waals surface area contributed by atoms with E-state index >= 15 is 0 Å². The van der Waals surface area contributed by atoms with Crippen LogP contribution in [0.5, 0.6) is 17.2 Å². The van der Waals surface area contributed by atoms with Crippen LogP contribution in [0.2, 0.25) is 0 Å². The summed E-state index contributed by atoms with van der Waals surface area (Å²) in [6, 6.07) is 12.0. The Hall–Kier alpha value is -2.97. The highest BCUT2D eigenvalue weighted by atomic mass is 16.6. The molecule has 1 saturated carbocycles. The van der Waals surface area contributed by atoms with Gasteiger partial charge in [0.05, 0.1) is 12.2 Å². The second kappa shape index (κ2) is 7.11. The number of carbonyl (C=O) groups is 1. The topological polar surface area (TPSA) is 65.0 Å². The summed E-state index contributed by atoms with van der Waals surface area (Å²) in [5, 5.41) is 9.17. The van der Waals surface area contributed by atoms with Crippen molar-refractivity contribution in [3.05, 3.63) is 53.6 Å². The van der Waals surface area contributed by atoms with Crippen LogP contribution < -0.4 is 14.2 Å². The molecule has 0 spiro atoms. The third-order valence-electron chi connectivity index (χ3n) is 4.17. The monoisotopic (exact) mass is 350 g/mol. The van der Waals surface area contributed by atoms with Gasteiger partial charge in [-0.1, -0.05) is 11.8 Å². The summed E-state index contributed by atoms with van der Waals surface area (Å²) in [6.07, 6.45) is 1.95. The van der Waals surface area contributed by atoms with E-state index in [0.29, 0.717) is 35.3 Å². The minimum absolute atomic E-state index is 0.139. The first kappa shape index (κ1) is 16.5. The van der Waals surface area contributed by atoms with Crippen LogP contribution in [-0.4, -0.2) is 30.4 Å². The van der Waals surface area contributed by atoms with Crippen LogP contribution in [0.15, 0.2) is 42.5 Å². The predicted molar refractivity (Wildman–Crippen MR) is 94.4 cm³/mol. The van der Waals surface area contributed by atoms with E-state index in [-0.39, 0.29) is 6.61 Å². The fourth-order valence-corrected chi connectivity index (χ4v) is 2.52. The summed E-state index contributed by atoms with van der Waals surface area (Å²) in [6.45, 7) is 0.151. The third kappa shape index (κ3) is 3.81. The molecule has 132 valence electrons. The molecule has 2 aromatic carbocycles. The summed E-state index contributed by atoms with van der Waals surface area (Å²) in [4.78, 5) is 12.3. The second-order valence-electron chi connectivity index (χ2n) is 6.35. The van der Waals surface area contributed by atoms with Gasteiger partial charge in [0.1, 0.15) is 12.4 Å². The molecule has 0 saturated heterocycles. The van der Waals surface area contributed by atoms with E-state index in [1.165, 1.54) is 12.8 Å². The number of aliphatic hydroxyl groups is 1. The van der Waals surface area contributed by atoms with E-state index in [0.717, 1.165) is 5.56 Å². The minimum atomic E-state index is -0.456. The van der Waals surface area contributed by atoms with Crippen molar-refractivity contribution in [1.29, 1.82) is 0 Å². The van der Waals surface area contributed by atoms with Crippen LogP contribution in [0.1, 0.15) is 28.8 Å². The highest BCUT2D eigenvalue weighted by molar-refractivity contribution is 5.91. The van der Waals surface area contributed by atoms with Gasteiger partial charge in [-0.2, -0.15) is 0 Å². The maximum atomic E-state index is 12.3. The Morgan fingerprint density at radius 3 is 2.69 bits per heavy atom. The molecular weight excluding hydrogens is 332 g/mol. The van der Waals surface area contributed by atoms with Crippen LogP contribution in [0.25, 0.3) is 0 Å². The van der Waals surface area contributed by atoms with Crippen molar-refractivity contribution in [2.75, 3.05) is 13.2 Å². The number of ether oxygens (including phenoxy) is 3. The molecule has 2 aliphatic rings. The van der Waals surface area contributed by atoms with Crippen LogP contribution in [0, 0.1) is 17.8 Å². The molecule has 0 radical (unpaired) electrons.